The number of rotatable bonds is 6. The number of hydrogen-bond donors (Lipinski definition) is 1. The zero-order valence-electron chi connectivity index (χ0n) is 14.3. The average molecular weight is 340 g/mol. The number of aromatic amines is 1. The van der Waals surface area contributed by atoms with Crippen molar-refractivity contribution in [2.75, 3.05) is 14.2 Å². The number of hydrogen-bond acceptors (Lipinski definition) is 6. The third kappa shape index (κ3) is 3.41. The summed E-state index contributed by atoms with van der Waals surface area (Å²) >= 11 is 0. The number of methoxy groups -OCH3 is 1. The smallest absolute Gasteiger partial charge is 0.252 e. The number of fused-ring (bicyclic) bond motifs is 1. The summed E-state index contributed by atoms with van der Waals surface area (Å²) in [5, 5.41) is 4.99. The lowest BCUT2D eigenvalue weighted by Gasteiger charge is -2.14. The maximum absolute atomic E-state index is 12.3. The fourth-order valence-electron chi connectivity index (χ4n) is 2.89. The van der Waals surface area contributed by atoms with Crippen LogP contribution in [0.2, 0.25) is 0 Å². The second kappa shape index (κ2) is 6.33. The largest absolute Gasteiger partial charge is 0.497 e. The van der Waals surface area contributed by atoms with Crippen LogP contribution in [0.1, 0.15) is 36.0 Å². The summed E-state index contributed by atoms with van der Waals surface area (Å²) < 4.78 is 10.5. The molecule has 7 heteroatoms. The molecule has 25 heavy (non-hydrogen) atoms. The van der Waals surface area contributed by atoms with Gasteiger partial charge in [-0.1, -0.05) is 5.16 Å². The van der Waals surface area contributed by atoms with Gasteiger partial charge in [0.2, 0.25) is 5.89 Å². The van der Waals surface area contributed by atoms with E-state index in [1.807, 2.05) is 36.2 Å². The van der Waals surface area contributed by atoms with Gasteiger partial charge in [0.1, 0.15) is 5.75 Å². The van der Waals surface area contributed by atoms with Gasteiger partial charge in [-0.05, 0) is 43.5 Å². The first-order valence-corrected chi connectivity index (χ1v) is 8.33. The molecule has 0 amide bonds. The molecule has 0 atom stereocenters. The van der Waals surface area contributed by atoms with Crippen LogP contribution < -0.4 is 10.3 Å². The zero-order valence-corrected chi connectivity index (χ0v) is 14.3. The van der Waals surface area contributed by atoms with E-state index in [0.717, 1.165) is 35.3 Å². The van der Waals surface area contributed by atoms with Crippen molar-refractivity contribution in [3.8, 4) is 5.75 Å². The van der Waals surface area contributed by atoms with Crippen LogP contribution in [0.25, 0.3) is 10.9 Å². The summed E-state index contributed by atoms with van der Waals surface area (Å²) in [6.07, 6.45) is 2.29. The fourth-order valence-corrected chi connectivity index (χ4v) is 2.89. The Labute approximate surface area is 144 Å². The Bertz CT molecular complexity index is 958. The summed E-state index contributed by atoms with van der Waals surface area (Å²) in [6.45, 7) is 1.01. The number of benzene rings is 1. The molecule has 0 unspecified atom stereocenters. The van der Waals surface area contributed by atoms with Gasteiger partial charge in [0.15, 0.2) is 5.82 Å². The van der Waals surface area contributed by atoms with Gasteiger partial charge in [0.25, 0.3) is 5.56 Å². The summed E-state index contributed by atoms with van der Waals surface area (Å²) in [5.74, 6) is 2.59. The number of nitrogens with one attached hydrogen (secondary N) is 1. The molecule has 1 saturated carbocycles. The van der Waals surface area contributed by atoms with Gasteiger partial charge in [0, 0.05) is 24.1 Å². The molecule has 7 nitrogen and oxygen atoms in total. The minimum atomic E-state index is -0.100. The summed E-state index contributed by atoms with van der Waals surface area (Å²) in [7, 11) is 3.54. The monoisotopic (exact) mass is 340 g/mol. The zero-order chi connectivity index (χ0) is 17.4. The maximum Gasteiger partial charge on any atom is 0.252 e. The molecule has 1 N–H and O–H groups in total. The van der Waals surface area contributed by atoms with E-state index < -0.39 is 0 Å². The number of ether oxygens (including phenoxy) is 1. The molecule has 0 aliphatic heterocycles. The van der Waals surface area contributed by atoms with Crippen LogP contribution in [-0.4, -0.2) is 34.2 Å². The van der Waals surface area contributed by atoms with Crippen molar-refractivity contribution in [3.05, 3.63) is 51.9 Å². The highest BCUT2D eigenvalue weighted by atomic mass is 16.5. The van der Waals surface area contributed by atoms with Crippen molar-refractivity contribution >= 4 is 10.9 Å². The van der Waals surface area contributed by atoms with Crippen LogP contribution in [0.3, 0.4) is 0 Å². The molecule has 2 aromatic heterocycles. The van der Waals surface area contributed by atoms with Gasteiger partial charge in [0.05, 0.1) is 19.2 Å². The van der Waals surface area contributed by atoms with Crippen LogP contribution in [-0.2, 0) is 13.1 Å². The second-order valence-electron chi connectivity index (χ2n) is 6.57. The standard InChI is InChI=1S/C18H20N4O3/c1-22(10-16-20-17(21-25-16)11-3-4-11)9-13-7-12-5-6-14(24-2)8-15(12)19-18(13)23/h5-8,11H,3-4,9-10H2,1-2H3,(H,19,23). The average Bonchev–Trinajstić information content (AvgIpc) is 3.35. The second-order valence-corrected chi connectivity index (χ2v) is 6.57. The van der Waals surface area contributed by atoms with E-state index >= 15 is 0 Å². The van der Waals surface area contributed by atoms with E-state index in [1.54, 1.807) is 7.11 Å². The highest BCUT2D eigenvalue weighted by Gasteiger charge is 2.28. The van der Waals surface area contributed by atoms with Crippen LogP contribution in [0.5, 0.6) is 5.75 Å². The van der Waals surface area contributed by atoms with Crippen molar-refractivity contribution in [2.45, 2.75) is 31.8 Å². The molecule has 2 heterocycles. The minimum absolute atomic E-state index is 0.100. The normalized spacial score (nSPS) is 14.4. The first kappa shape index (κ1) is 15.8. The first-order valence-electron chi connectivity index (χ1n) is 8.33. The molecule has 1 aliphatic rings. The lowest BCUT2D eigenvalue weighted by Crippen LogP contribution is -2.23. The molecule has 0 spiro atoms. The number of nitrogens with zero attached hydrogens (tertiary/aromatic N) is 3. The van der Waals surface area contributed by atoms with Crippen molar-refractivity contribution < 1.29 is 9.26 Å². The molecule has 0 saturated heterocycles. The summed E-state index contributed by atoms with van der Waals surface area (Å²) in [6, 6.07) is 7.55. The maximum atomic E-state index is 12.3. The van der Waals surface area contributed by atoms with E-state index in [9.17, 15) is 4.79 Å². The minimum Gasteiger partial charge on any atom is -0.497 e. The lowest BCUT2D eigenvalue weighted by atomic mass is 10.1. The molecular formula is C18H20N4O3. The van der Waals surface area contributed by atoms with Crippen LogP contribution in [0, 0.1) is 0 Å². The van der Waals surface area contributed by atoms with Gasteiger partial charge < -0.3 is 14.2 Å². The van der Waals surface area contributed by atoms with Gasteiger partial charge in [-0.2, -0.15) is 4.98 Å². The number of pyridine rings is 1. The molecule has 3 aromatic rings. The molecule has 4 rings (SSSR count). The quantitative estimate of drug-likeness (QED) is 0.742. The van der Waals surface area contributed by atoms with Crippen molar-refractivity contribution in [1.29, 1.82) is 0 Å². The Balaban J connectivity index is 1.50. The van der Waals surface area contributed by atoms with Crippen LogP contribution in [0.15, 0.2) is 33.6 Å². The van der Waals surface area contributed by atoms with Gasteiger partial charge in [-0.3, -0.25) is 9.69 Å². The topological polar surface area (TPSA) is 84.2 Å². The third-order valence-corrected chi connectivity index (χ3v) is 4.40. The molecule has 1 aliphatic carbocycles. The first-order chi connectivity index (χ1) is 12.1. The van der Waals surface area contributed by atoms with Crippen molar-refractivity contribution in [1.82, 2.24) is 20.0 Å². The van der Waals surface area contributed by atoms with Crippen molar-refractivity contribution in [3.63, 3.8) is 0 Å². The highest BCUT2D eigenvalue weighted by molar-refractivity contribution is 5.80. The lowest BCUT2D eigenvalue weighted by molar-refractivity contribution is 0.259. The molecule has 130 valence electrons. The summed E-state index contributed by atoms with van der Waals surface area (Å²) in [4.78, 5) is 21.7. The highest BCUT2D eigenvalue weighted by Crippen LogP contribution is 2.38. The summed E-state index contributed by atoms with van der Waals surface area (Å²) in [5.41, 5.74) is 1.36. The molecule has 1 fully saturated rings. The molecular weight excluding hydrogens is 320 g/mol. The Kier molecular flexibility index (Phi) is 4.01. The Hall–Kier alpha value is -2.67. The van der Waals surface area contributed by atoms with E-state index in [4.69, 9.17) is 9.26 Å². The number of aromatic nitrogens is 3. The van der Waals surface area contributed by atoms with E-state index in [-0.39, 0.29) is 5.56 Å². The Morgan fingerprint density at radius 3 is 2.92 bits per heavy atom. The Morgan fingerprint density at radius 2 is 2.16 bits per heavy atom. The number of H-pyrrole nitrogens is 1. The van der Waals surface area contributed by atoms with E-state index in [1.165, 1.54) is 0 Å². The van der Waals surface area contributed by atoms with Crippen LogP contribution in [0.4, 0.5) is 0 Å². The molecule has 0 bridgehead atoms. The SMILES string of the molecule is COc1ccc2cc(CN(C)Cc3nc(C4CC4)no3)c(=O)[nH]c2c1. The van der Waals surface area contributed by atoms with Crippen molar-refractivity contribution in [2.24, 2.45) is 0 Å². The van der Waals surface area contributed by atoms with Crippen LogP contribution >= 0.6 is 0 Å². The predicted octanol–water partition coefficient (Wildman–Crippen LogP) is 2.43. The predicted molar refractivity (Wildman–Crippen MR) is 92.6 cm³/mol. The van der Waals surface area contributed by atoms with Gasteiger partial charge in [-0.15, -0.1) is 0 Å². The van der Waals surface area contributed by atoms with E-state index in [2.05, 4.69) is 15.1 Å². The fraction of sp³-hybridized carbons (Fsp3) is 0.389. The molecule has 1 aromatic carbocycles. The third-order valence-electron chi connectivity index (χ3n) is 4.40. The van der Waals surface area contributed by atoms with Gasteiger partial charge >= 0.3 is 0 Å². The Morgan fingerprint density at radius 1 is 1.32 bits per heavy atom. The van der Waals surface area contributed by atoms with Gasteiger partial charge in [-0.25, -0.2) is 0 Å². The molecule has 0 radical (unpaired) electrons. The van der Waals surface area contributed by atoms with E-state index in [0.29, 0.717) is 30.5 Å².